The van der Waals surface area contributed by atoms with Crippen molar-refractivity contribution in [3.8, 4) is 0 Å². The average Bonchev–Trinajstić information content (AvgIpc) is 2.11. The molecule has 0 bridgehead atoms. The van der Waals surface area contributed by atoms with Gasteiger partial charge in [0.1, 0.15) is 6.23 Å². The number of aliphatic hydroxyl groups is 1. The predicted molar refractivity (Wildman–Crippen MR) is 57.6 cm³/mol. The maximum atomic E-state index is 9.32. The van der Waals surface area contributed by atoms with E-state index in [0.717, 1.165) is 12.5 Å². The number of hydrogen-bond acceptors (Lipinski definition) is 2. The van der Waals surface area contributed by atoms with Gasteiger partial charge in [-0.3, -0.25) is 4.90 Å². The van der Waals surface area contributed by atoms with E-state index in [4.69, 9.17) is 0 Å². The Morgan fingerprint density at radius 1 is 1.31 bits per heavy atom. The van der Waals surface area contributed by atoms with Gasteiger partial charge in [0, 0.05) is 6.54 Å². The molecule has 2 unspecified atom stereocenters. The third-order valence-corrected chi connectivity index (χ3v) is 2.73. The molecule has 0 saturated heterocycles. The highest BCUT2D eigenvalue weighted by molar-refractivity contribution is 4.62. The lowest BCUT2D eigenvalue weighted by molar-refractivity contribution is 0.0264. The van der Waals surface area contributed by atoms with E-state index in [9.17, 15) is 5.11 Å². The van der Waals surface area contributed by atoms with Crippen LogP contribution in [0.25, 0.3) is 0 Å². The zero-order chi connectivity index (χ0) is 10.3. The van der Waals surface area contributed by atoms with Gasteiger partial charge in [0.15, 0.2) is 0 Å². The largest absolute Gasteiger partial charge is 0.379 e. The first-order chi connectivity index (χ1) is 6.11. The van der Waals surface area contributed by atoms with Crippen LogP contribution in [-0.4, -0.2) is 29.8 Å². The highest BCUT2D eigenvalue weighted by Gasteiger charge is 2.11. The van der Waals surface area contributed by atoms with Gasteiger partial charge in [-0.1, -0.05) is 33.1 Å². The van der Waals surface area contributed by atoms with Gasteiger partial charge in [0.25, 0.3) is 0 Å². The summed E-state index contributed by atoms with van der Waals surface area (Å²) in [6, 6.07) is 0. The summed E-state index contributed by atoms with van der Waals surface area (Å²) in [5, 5.41) is 9.32. The molecule has 2 heteroatoms. The Kier molecular flexibility index (Phi) is 7.29. The SMILES string of the molecule is CCCCC(CC)CN(C)C(C)O. The first-order valence-corrected chi connectivity index (χ1v) is 5.50. The summed E-state index contributed by atoms with van der Waals surface area (Å²) < 4.78 is 0. The fourth-order valence-electron chi connectivity index (χ4n) is 1.48. The second-order valence-electron chi connectivity index (χ2n) is 3.99. The van der Waals surface area contributed by atoms with Gasteiger partial charge in [0.2, 0.25) is 0 Å². The van der Waals surface area contributed by atoms with Crippen molar-refractivity contribution in [2.45, 2.75) is 52.7 Å². The van der Waals surface area contributed by atoms with Crippen molar-refractivity contribution in [1.82, 2.24) is 4.90 Å². The van der Waals surface area contributed by atoms with Gasteiger partial charge in [-0.05, 0) is 26.3 Å². The molecule has 1 N–H and O–H groups in total. The molecule has 0 aliphatic rings. The Morgan fingerprint density at radius 3 is 2.31 bits per heavy atom. The van der Waals surface area contributed by atoms with Crippen molar-refractivity contribution in [3.63, 3.8) is 0 Å². The standard InChI is InChI=1S/C11H25NO/c1-5-7-8-11(6-2)9-12(4)10(3)13/h10-11,13H,5-9H2,1-4H3. The maximum Gasteiger partial charge on any atom is 0.104 e. The molecule has 13 heavy (non-hydrogen) atoms. The van der Waals surface area contributed by atoms with Crippen molar-refractivity contribution in [3.05, 3.63) is 0 Å². The second-order valence-corrected chi connectivity index (χ2v) is 3.99. The molecule has 0 spiro atoms. The van der Waals surface area contributed by atoms with Crippen molar-refractivity contribution in [1.29, 1.82) is 0 Å². The molecule has 0 aromatic rings. The third-order valence-electron chi connectivity index (χ3n) is 2.73. The Hall–Kier alpha value is -0.0800. The monoisotopic (exact) mass is 187 g/mol. The molecular weight excluding hydrogens is 162 g/mol. The van der Waals surface area contributed by atoms with Gasteiger partial charge in [0.05, 0.1) is 0 Å². The minimum Gasteiger partial charge on any atom is -0.379 e. The summed E-state index contributed by atoms with van der Waals surface area (Å²) >= 11 is 0. The maximum absolute atomic E-state index is 9.32. The van der Waals surface area contributed by atoms with Gasteiger partial charge >= 0.3 is 0 Å². The Labute approximate surface area is 82.9 Å². The van der Waals surface area contributed by atoms with E-state index >= 15 is 0 Å². The van der Waals surface area contributed by atoms with Crippen molar-refractivity contribution < 1.29 is 5.11 Å². The first-order valence-electron chi connectivity index (χ1n) is 5.50. The predicted octanol–water partition coefficient (Wildman–Crippen LogP) is 2.47. The fraction of sp³-hybridized carbons (Fsp3) is 1.00. The van der Waals surface area contributed by atoms with Crippen molar-refractivity contribution in [2.75, 3.05) is 13.6 Å². The molecule has 0 amide bonds. The number of aliphatic hydroxyl groups excluding tert-OH is 1. The van der Waals surface area contributed by atoms with Crippen molar-refractivity contribution in [2.24, 2.45) is 5.92 Å². The lowest BCUT2D eigenvalue weighted by Crippen LogP contribution is -2.33. The van der Waals surface area contributed by atoms with E-state index in [1.807, 2.05) is 18.9 Å². The normalized spacial score (nSPS) is 16.2. The zero-order valence-corrected chi connectivity index (χ0v) is 9.58. The second kappa shape index (κ2) is 7.34. The van der Waals surface area contributed by atoms with Gasteiger partial charge in [-0.2, -0.15) is 0 Å². The van der Waals surface area contributed by atoms with E-state index in [0.29, 0.717) is 0 Å². The summed E-state index contributed by atoms with van der Waals surface area (Å²) in [4.78, 5) is 2.02. The molecule has 2 nitrogen and oxygen atoms in total. The molecule has 0 saturated carbocycles. The van der Waals surface area contributed by atoms with Crippen LogP contribution in [0.1, 0.15) is 46.5 Å². The number of nitrogens with zero attached hydrogens (tertiary/aromatic N) is 1. The van der Waals surface area contributed by atoms with E-state index in [2.05, 4.69) is 13.8 Å². The van der Waals surface area contributed by atoms with Crippen LogP contribution in [0, 0.1) is 5.92 Å². The highest BCUT2D eigenvalue weighted by Crippen LogP contribution is 2.14. The van der Waals surface area contributed by atoms with Gasteiger partial charge in [-0.25, -0.2) is 0 Å². The average molecular weight is 187 g/mol. The highest BCUT2D eigenvalue weighted by atomic mass is 16.3. The van der Waals surface area contributed by atoms with Crippen molar-refractivity contribution >= 4 is 0 Å². The van der Waals surface area contributed by atoms with Crippen LogP contribution in [-0.2, 0) is 0 Å². The Balaban J connectivity index is 3.69. The fourth-order valence-corrected chi connectivity index (χ4v) is 1.48. The minimum absolute atomic E-state index is 0.310. The van der Waals surface area contributed by atoms with E-state index < -0.39 is 0 Å². The number of unbranched alkanes of at least 4 members (excludes halogenated alkanes) is 1. The van der Waals surface area contributed by atoms with E-state index in [1.54, 1.807) is 0 Å². The number of rotatable bonds is 7. The molecule has 0 aromatic carbocycles. The lowest BCUT2D eigenvalue weighted by Gasteiger charge is -2.25. The summed E-state index contributed by atoms with van der Waals surface area (Å²) in [5.74, 6) is 0.750. The topological polar surface area (TPSA) is 23.5 Å². The van der Waals surface area contributed by atoms with Gasteiger partial charge < -0.3 is 5.11 Å². The smallest absolute Gasteiger partial charge is 0.104 e. The molecule has 0 aliphatic carbocycles. The summed E-state index contributed by atoms with van der Waals surface area (Å²) in [5.41, 5.74) is 0. The summed E-state index contributed by atoms with van der Waals surface area (Å²) in [6.07, 6.45) is 4.79. The molecule has 2 atom stereocenters. The van der Waals surface area contributed by atoms with Crippen LogP contribution in [0.5, 0.6) is 0 Å². The summed E-state index contributed by atoms with van der Waals surface area (Å²) in [6.45, 7) is 7.31. The molecule has 0 fully saturated rings. The molecule has 80 valence electrons. The van der Waals surface area contributed by atoms with Crippen LogP contribution in [0.2, 0.25) is 0 Å². The molecule has 0 aliphatic heterocycles. The van der Waals surface area contributed by atoms with Gasteiger partial charge in [-0.15, -0.1) is 0 Å². The quantitative estimate of drug-likeness (QED) is 0.619. The van der Waals surface area contributed by atoms with E-state index in [1.165, 1.54) is 25.7 Å². The van der Waals surface area contributed by atoms with Crippen LogP contribution >= 0.6 is 0 Å². The summed E-state index contributed by atoms with van der Waals surface area (Å²) in [7, 11) is 1.99. The molecular formula is C11H25NO. The molecule has 0 aromatic heterocycles. The molecule has 0 rings (SSSR count). The number of hydrogen-bond donors (Lipinski definition) is 1. The Bertz CT molecular complexity index is 115. The molecule has 0 radical (unpaired) electrons. The third kappa shape index (κ3) is 6.05. The Morgan fingerprint density at radius 2 is 1.92 bits per heavy atom. The van der Waals surface area contributed by atoms with Crippen LogP contribution < -0.4 is 0 Å². The minimum atomic E-state index is -0.310. The lowest BCUT2D eigenvalue weighted by atomic mass is 9.99. The van der Waals surface area contributed by atoms with Crippen LogP contribution in [0.3, 0.4) is 0 Å². The molecule has 0 heterocycles. The zero-order valence-electron chi connectivity index (χ0n) is 9.58. The van der Waals surface area contributed by atoms with E-state index in [-0.39, 0.29) is 6.23 Å². The first kappa shape index (κ1) is 12.9. The van der Waals surface area contributed by atoms with Crippen LogP contribution in [0.15, 0.2) is 0 Å². The van der Waals surface area contributed by atoms with Crippen LogP contribution in [0.4, 0.5) is 0 Å².